The van der Waals surface area contributed by atoms with Gasteiger partial charge in [-0.3, -0.25) is 9.69 Å². The molecule has 2 aromatic heterocycles. The van der Waals surface area contributed by atoms with Gasteiger partial charge in [0.15, 0.2) is 0 Å². The Morgan fingerprint density at radius 1 is 1.33 bits per heavy atom. The van der Waals surface area contributed by atoms with Crippen LogP contribution in [0.1, 0.15) is 35.5 Å². The third-order valence-corrected chi connectivity index (χ3v) is 6.09. The second-order valence-electron chi connectivity index (χ2n) is 7.06. The standard InChI is InChI=1S/C18H23N3O2S/c1-14-19-16(12-24-14)10-21-7-5-18(17(21)22)4-2-6-20(13-18)9-15-3-8-23-11-15/h3,8,11-12H,2,4-7,9-10,13H2,1H3/t18-/m1/s1. The first-order valence-electron chi connectivity index (χ1n) is 8.58. The van der Waals surface area contributed by atoms with Crippen molar-refractivity contribution in [1.29, 1.82) is 0 Å². The molecule has 0 bridgehead atoms. The molecule has 0 aliphatic carbocycles. The van der Waals surface area contributed by atoms with Gasteiger partial charge in [0.1, 0.15) is 0 Å². The van der Waals surface area contributed by atoms with Crippen LogP contribution in [0.4, 0.5) is 0 Å². The lowest BCUT2D eigenvalue weighted by atomic mass is 9.78. The van der Waals surface area contributed by atoms with Crippen LogP contribution < -0.4 is 0 Å². The van der Waals surface area contributed by atoms with Gasteiger partial charge in [0.25, 0.3) is 0 Å². The fourth-order valence-corrected chi connectivity index (χ4v) is 4.71. The van der Waals surface area contributed by atoms with Crippen LogP contribution in [0.15, 0.2) is 28.4 Å². The summed E-state index contributed by atoms with van der Waals surface area (Å²) >= 11 is 1.65. The summed E-state index contributed by atoms with van der Waals surface area (Å²) in [5.41, 5.74) is 2.02. The number of thiazole rings is 1. The number of hydrogen-bond acceptors (Lipinski definition) is 5. The molecule has 0 saturated carbocycles. The van der Waals surface area contributed by atoms with E-state index in [0.29, 0.717) is 12.5 Å². The lowest BCUT2D eigenvalue weighted by Gasteiger charge is -2.38. The lowest BCUT2D eigenvalue weighted by molar-refractivity contribution is -0.139. The second-order valence-corrected chi connectivity index (χ2v) is 8.12. The number of rotatable bonds is 4. The fourth-order valence-electron chi connectivity index (χ4n) is 4.10. The van der Waals surface area contributed by atoms with Crippen molar-refractivity contribution in [3.8, 4) is 0 Å². The predicted molar refractivity (Wildman–Crippen MR) is 92.5 cm³/mol. The molecule has 0 radical (unpaired) electrons. The van der Waals surface area contributed by atoms with E-state index in [4.69, 9.17) is 4.42 Å². The van der Waals surface area contributed by atoms with E-state index in [0.717, 1.165) is 56.1 Å². The van der Waals surface area contributed by atoms with Crippen LogP contribution >= 0.6 is 11.3 Å². The third kappa shape index (κ3) is 3.00. The highest BCUT2D eigenvalue weighted by Gasteiger charge is 2.48. The molecule has 1 atom stereocenters. The van der Waals surface area contributed by atoms with E-state index in [1.54, 1.807) is 23.9 Å². The zero-order chi connectivity index (χ0) is 16.6. The van der Waals surface area contributed by atoms with Gasteiger partial charge in [-0.25, -0.2) is 4.98 Å². The van der Waals surface area contributed by atoms with Crippen LogP contribution in [0.25, 0.3) is 0 Å². The van der Waals surface area contributed by atoms with Gasteiger partial charge >= 0.3 is 0 Å². The topological polar surface area (TPSA) is 49.6 Å². The zero-order valence-electron chi connectivity index (χ0n) is 14.0. The largest absolute Gasteiger partial charge is 0.472 e. The van der Waals surface area contributed by atoms with Gasteiger partial charge in [-0.1, -0.05) is 0 Å². The minimum absolute atomic E-state index is 0.187. The molecule has 1 spiro atoms. The number of hydrogen-bond donors (Lipinski definition) is 0. The van der Waals surface area contributed by atoms with Crippen molar-refractivity contribution in [1.82, 2.24) is 14.8 Å². The molecular formula is C18H23N3O2S. The number of aromatic nitrogens is 1. The van der Waals surface area contributed by atoms with Crippen molar-refractivity contribution in [2.24, 2.45) is 5.41 Å². The maximum Gasteiger partial charge on any atom is 0.230 e. The molecule has 0 aromatic carbocycles. The minimum atomic E-state index is -0.187. The monoisotopic (exact) mass is 345 g/mol. The number of likely N-dealkylation sites (tertiary alicyclic amines) is 2. The number of furan rings is 1. The molecule has 2 aliphatic rings. The number of aryl methyl sites for hydroxylation is 1. The van der Waals surface area contributed by atoms with Gasteiger partial charge in [-0.2, -0.15) is 0 Å². The third-order valence-electron chi connectivity index (χ3n) is 5.26. The van der Waals surface area contributed by atoms with E-state index in [1.807, 2.05) is 17.9 Å². The molecular weight excluding hydrogens is 322 g/mol. The minimum Gasteiger partial charge on any atom is -0.472 e. The van der Waals surface area contributed by atoms with Crippen molar-refractivity contribution in [3.05, 3.63) is 40.2 Å². The van der Waals surface area contributed by atoms with E-state index in [1.165, 1.54) is 5.56 Å². The molecule has 2 aliphatic heterocycles. The molecule has 5 nitrogen and oxygen atoms in total. The van der Waals surface area contributed by atoms with E-state index < -0.39 is 0 Å². The summed E-state index contributed by atoms with van der Waals surface area (Å²) in [5.74, 6) is 0.324. The fraction of sp³-hybridized carbons (Fsp3) is 0.556. The molecule has 128 valence electrons. The number of amides is 1. The molecule has 2 fully saturated rings. The van der Waals surface area contributed by atoms with Gasteiger partial charge in [0, 0.05) is 30.6 Å². The van der Waals surface area contributed by atoms with Gasteiger partial charge in [-0.15, -0.1) is 11.3 Å². The van der Waals surface area contributed by atoms with Crippen LogP contribution in [-0.2, 0) is 17.9 Å². The number of carbonyl (C=O) groups is 1. The van der Waals surface area contributed by atoms with Crippen LogP contribution in [0.3, 0.4) is 0 Å². The maximum absolute atomic E-state index is 13.1. The highest BCUT2D eigenvalue weighted by atomic mass is 32.1. The van der Waals surface area contributed by atoms with Crippen LogP contribution in [-0.4, -0.2) is 40.3 Å². The molecule has 2 aromatic rings. The van der Waals surface area contributed by atoms with Crippen LogP contribution in [0, 0.1) is 12.3 Å². The average molecular weight is 345 g/mol. The Balaban J connectivity index is 1.43. The summed E-state index contributed by atoms with van der Waals surface area (Å²) in [7, 11) is 0. The Morgan fingerprint density at radius 2 is 2.25 bits per heavy atom. The van der Waals surface area contributed by atoms with E-state index in [-0.39, 0.29) is 5.41 Å². The zero-order valence-corrected chi connectivity index (χ0v) is 14.8. The summed E-state index contributed by atoms with van der Waals surface area (Å²) in [6.07, 6.45) is 6.59. The van der Waals surface area contributed by atoms with Crippen molar-refractivity contribution in [2.75, 3.05) is 19.6 Å². The Bertz CT molecular complexity index is 712. The summed E-state index contributed by atoms with van der Waals surface area (Å²) in [6, 6.07) is 2.01. The lowest BCUT2D eigenvalue weighted by Crippen LogP contribution is -2.47. The van der Waals surface area contributed by atoms with E-state index in [2.05, 4.69) is 15.3 Å². The molecule has 0 N–H and O–H groups in total. The smallest absolute Gasteiger partial charge is 0.230 e. The summed E-state index contributed by atoms with van der Waals surface area (Å²) in [5, 5.41) is 3.13. The van der Waals surface area contributed by atoms with Gasteiger partial charge in [0.05, 0.1) is 35.2 Å². The molecule has 0 unspecified atom stereocenters. The molecule has 24 heavy (non-hydrogen) atoms. The van der Waals surface area contributed by atoms with Gasteiger partial charge < -0.3 is 9.32 Å². The Hall–Kier alpha value is -1.66. The Labute approximate surface area is 146 Å². The normalized spacial score (nSPS) is 25.0. The maximum atomic E-state index is 13.1. The first kappa shape index (κ1) is 15.8. The number of carbonyl (C=O) groups excluding carboxylic acids is 1. The first-order chi connectivity index (χ1) is 11.6. The highest BCUT2D eigenvalue weighted by Crippen LogP contribution is 2.41. The Morgan fingerprint density at radius 3 is 3.00 bits per heavy atom. The number of nitrogens with zero attached hydrogens (tertiary/aromatic N) is 3. The Kier molecular flexibility index (Phi) is 4.18. The molecule has 4 heterocycles. The SMILES string of the molecule is Cc1nc(CN2CC[C@@]3(CCCN(Cc4ccoc4)C3)C2=O)cs1. The second kappa shape index (κ2) is 6.33. The van der Waals surface area contributed by atoms with Gasteiger partial charge in [-0.05, 0) is 38.8 Å². The van der Waals surface area contributed by atoms with Crippen LogP contribution in [0.2, 0.25) is 0 Å². The quantitative estimate of drug-likeness (QED) is 0.854. The molecule has 2 saturated heterocycles. The van der Waals surface area contributed by atoms with E-state index in [9.17, 15) is 4.79 Å². The average Bonchev–Trinajstić information content (AvgIpc) is 3.28. The van der Waals surface area contributed by atoms with Crippen molar-refractivity contribution < 1.29 is 9.21 Å². The predicted octanol–water partition coefficient (Wildman–Crippen LogP) is 3.06. The van der Waals surface area contributed by atoms with Crippen molar-refractivity contribution >= 4 is 17.2 Å². The summed E-state index contributed by atoms with van der Waals surface area (Å²) in [4.78, 5) is 22.0. The summed E-state index contributed by atoms with van der Waals surface area (Å²) < 4.78 is 5.17. The number of piperidine rings is 1. The van der Waals surface area contributed by atoms with Crippen molar-refractivity contribution in [3.63, 3.8) is 0 Å². The molecule has 4 rings (SSSR count). The van der Waals surface area contributed by atoms with E-state index >= 15 is 0 Å². The molecule has 1 amide bonds. The molecule has 6 heteroatoms. The highest BCUT2D eigenvalue weighted by molar-refractivity contribution is 7.09. The first-order valence-corrected chi connectivity index (χ1v) is 9.46. The summed E-state index contributed by atoms with van der Waals surface area (Å²) in [6.45, 7) is 6.32. The van der Waals surface area contributed by atoms with Gasteiger partial charge in [0.2, 0.25) is 5.91 Å². The van der Waals surface area contributed by atoms with Crippen LogP contribution in [0.5, 0.6) is 0 Å². The van der Waals surface area contributed by atoms with Crippen molar-refractivity contribution in [2.45, 2.75) is 39.3 Å².